The quantitative estimate of drug-likeness (QED) is 0.714. The molecule has 1 unspecified atom stereocenters. The highest BCUT2D eigenvalue weighted by Gasteiger charge is 2.08. The highest BCUT2D eigenvalue weighted by molar-refractivity contribution is 6.31. The molecular weight excluding hydrogens is 214 g/mol. The molecule has 0 saturated carbocycles. The molecule has 1 rings (SSSR count). The third kappa shape index (κ3) is 3.42. The number of amides is 1. The first-order valence-corrected chi connectivity index (χ1v) is 4.93. The second kappa shape index (κ2) is 5.00. The van der Waals surface area contributed by atoms with E-state index in [2.05, 4.69) is 5.32 Å². The molecule has 0 fully saturated rings. The Balaban J connectivity index is 2.58. The second-order valence-corrected chi connectivity index (χ2v) is 3.76. The number of rotatable bonds is 4. The van der Waals surface area contributed by atoms with Crippen LogP contribution in [-0.4, -0.2) is 18.5 Å². The number of anilines is 1. The Morgan fingerprint density at radius 1 is 1.60 bits per heavy atom. The highest BCUT2D eigenvalue weighted by atomic mass is 35.5. The smallest absolute Gasteiger partial charge is 0.236 e. The van der Waals surface area contributed by atoms with Crippen molar-refractivity contribution in [2.24, 2.45) is 11.5 Å². The van der Waals surface area contributed by atoms with Crippen LogP contribution >= 0.6 is 11.6 Å². The van der Waals surface area contributed by atoms with Crippen LogP contribution in [0.1, 0.15) is 5.56 Å². The molecule has 0 spiro atoms. The summed E-state index contributed by atoms with van der Waals surface area (Å²) in [6.45, 7) is 2.22. The topological polar surface area (TPSA) is 81.1 Å². The molecule has 1 atom stereocenters. The molecule has 15 heavy (non-hydrogen) atoms. The molecule has 5 N–H and O–H groups in total. The summed E-state index contributed by atoms with van der Waals surface area (Å²) in [5, 5.41) is 3.66. The van der Waals surface area contributed by atoms with Gasteiger partial charge in [0.05, 0.1) is 0 Å². The number of hydrogen-bond donors (Lipinski definition) is 3. The van der Waals surface area contributed by atoms with Crippen LogP contribution in [0.4, 0.5) is 5.69 Å². The van der Waals surface area contributed by atoms with Gasteiger partial charge in [0, 0.05) is 17.3 Å². The zero-order chi connectivity index (χ0) is 11.4. The summed E-state index contributed by atoms with van der Waals surface area (Å²) in [4.78, 5) is 10.7. The number of carbonyl (C=O) groups is 1. The van der Waals surface area contributed by atoms with Crippen LogP contribution in [-0.2, 0) is 4.79 Å². The van der Waals surface area contributed by atoms with Gasteiger partial charge in [-0.2, -0.15) is 0 Å². The number of primary amides is 1. The van der Waals surface area contributed by atoms with Gasteiger partial charge in [-0.1, -0.05) is 17.7 Å². The first-order chi connectivity index (χ1) is 7.00. The van der Waals surface area contributed by atoms with Crippen molar-refractivity contribution in [1.82, 2.24) is 0 Å². The van der Waals surface area contributed by atoms with Crippen molar-refractivity contribution in [3.8, 4) is 0 Å². The number of hydrogen-bond acceptors (Lipinski definition) is 3. The highest BCUT2D eigenvalue weighted by Crippen LogP contribution is 2.19. The molecule has 4 nitrogen and oxygen atoms in total. The maximum atomic E-state index is 10.7. The van der Waals surface area contributed by atoms with E-state index < -0.39 is 11.9 Å². The lowest BCUT2D eigenvalue weighted by Gasteiger charge is -2.11. The molecule has 0 radical (unpaired) electrons. The summed E-state index contributed by atoms with van der Waals surface area (Å²) in [5.41, 5.74) is 12.3. The molecule has 5 heteroatoms. The number of aryl methyl sites for hydroxylation is 1. The van der Waals surface area contributed by atoms with Crippen molar-refractivity contribution < 1.29 is 4.79 Å². The van der Waals surface area contributed by atoms with Crippen molar-refractivity contribution in [3.05, 3.63) is 28.8 Å². The molecule has 1 amide bonds. The van der Waals surface area contributed by atoms with Gasteiger partial charge in [-0.3, -0.25) is 4.79 Å². The largest absolute Gasteiger partial charge is 0.383 e. The van der Waals surface area contributed by atoms with E-state index >= 15 is 0 Å². The number of carbonyl (C=O) groups excluding carboxylic acids is 1. The van der Waals surface area contributed by atoms with E-state index in [0.29, 0.717) is 11.6 Å². The van der Waals surface area contributed by atoms with Crippen LogP contribution in [0.15, 0.2) is 18.2 Å². The zero-order valence-electron chi connectivity index (χ0n) is 8.46. The molecule has 0 aliphatic carbocycles. The number of halogens is 1. The summed E-state index contributed by atoms with van der Waals surface area (Å²) in [7, 11) is 0. The third-order valence-electron chi connectivity index (χ3n) is 2.06. The predicted molar refractivity (Wildman–Crippen MR) is 61.8 cm³/mol. The summed E-state index contributed by atoms with van der Waals surface area (Å²) >= 11 is 5.93. The molecule has 1 aromatic rings. The molecule has 0 aliphatic rings. The minimum Gasteiger partial charge on any atom is -0.383 e. The summed E-state index contributed by atoms with van der Waals surface area (Å²) in [6, 6.07) is 4.85. The van der Waals surface area contributed by atoms with E-state index in [1.165, 1.54) is 0 Å². The van der Waals surface area contributed by atoms with Crippen LogP contribution in [0.3, 0.4) is 0 Å². The molecule has 0 heterocycles. The minimum atomic E-state index is -0.690. The minimum absolute atomic E-state index is 0.300. The lowest BCUT2D eigenvalue weighted by Crippen LogP contribution is -2.41. The Hall–Kier alpha value is -1.26. The average Bonchev–Trinajstić information content (AvgIpc) is 2.19. The summed E-state index contributed by atoms with van der Waals surface area (Å²) in [6.07, 6.45) is 0. The van der Waals surface area contributed by atoms with Crippen molar-refractivity contribution >= 4 is 23.2 Å². The Kier molecular flexibility index (Phi) is 3.94. The SMILES string of the molecule is Cc1ccc(NCC(N)C(N)=O)cc1Cl. The van der Waals surface area contributed by atoms with Crippen LogP contribution in [0.2, 0.25) is 5.02 Å². The maximum absolute atomic E-state index is 10.7. The Morgan fingerprint density at radius 2 is 2.27 bits per heavy atom. The van der Waals surface area contributed by atoms with E-state index in [1.807, 2.05) is 19.1 Å². The van der Waals surface area contributed by atoms with E-state index in [-0.39, 0.29) is 0 Å². The number of benzene rings is 1. The van der Waals surface area contributed by atoms with Crippen LogP contribution in [0, 0.1) is 6.92 Å². The van der Waals surface area contributed by atoms with Gasteiger partial charge in [0.25, 0.3) is 0 Å². The van der Waals surface area contributed by atoms with Gasteiger partial charge < -0.3 is 16.8 Å². The third-order valence-corrected chi connectivity index (χ3v) is 2.47. The van der Waals surface area contributed by atoms with Gasteiger partial charge in [0.1, 0.15) is 6.04 Å². The molecule has 0 aromatic heterocycles. The van der Waals surface area contributed by atoms with E-state index in [0.717, 1.165) is 11.3 Å². The van der Waals surface area contributed by atoms with Gasteiger partial charge in [-0.05, 0) is 24.6 Å². The fourth-order valence-electron chi connectivity index (χ4n) is 1.03. The van der Waals surface area contributed by atoms with E-state index in [9.17, 15) is 4.79 Å². The van der Waals surface area contributed by atoms with Crippen molar-refractivity contribution in [3.63, 3.8) is 0 Å². The van der Waals surface area contributed by atoms with Crippen LogP contribution < -0.4 is 16.8 Å². The Bertz CT molecular complexity index is 368. The lowest BCUT2D eigenvalue weighted by molar-refractivity contribution is -0.118. The zero-order valence-corrected chi connectivity index (χ0v) is 9.21. The first-order valence-electron chi connectivity index (χ1n) is 4.55. The lowest BCUT2D eigenvalue weighted by atomic mass is 10.2. The van der Waals surface area contributed by atoms with Gasteiger partial charge >= 0.3 is 0 Å². The Labute approximate surface area is 93.6 Å². The maximum Gasteiger partial charge on any atom is 0.236 e. The standard InChI is InChI=1S/C10H14ClN3O/c1-6-2-3-7(4-8(6)11)14-5-9(12)10(13)15/h2-4,9,14H,5,12H2,1H3,(H2,13,15). The number of nitrogens with one attached hydrogen (secondary N) is 1. The molecule has 82 valence electrons. The van der Waals surface area contributed by atoms with Gasteiger partial charge in [0.2, 0.25) is 5.91 Å². The van der Waals surface area contributed by atoms with Crippen LogP contribution in [0.25, 0.3) is 0 Å². The van der Waals surface area contributed by atoms with Crippen molar-refractivity contribution in [1.29, 1.82) is 0 Å². The molecule has 0 bridgehead atoms. The number of nitrogens with two attached hydrogens (primary N) is 2. The normalized spacial score (nSPS) is 12.2. The Morgan fingerprint density at radius 3 is 2.80 bits per heavy atom. The van der Waals surface area contributed by atoms with Crippen LogP contribution in [0.5, 0.6) is 0 Å². The molecule has 0 saturated heterocycles. The first kappa shape index (κ1) is 11.8. The summed E-state index contributed by atoms with van der Waals surface area (Å²) in [5.74, 6) is -0.527. The van der Waals surface area contributed by atoms with Crippen molar-refractivity contribution in [2.45, 2.75) is 13.0 Å². The second-order valence-electron chi connectivity index (χ2n) is 3.35. The molecule has 1 aromatic carbocycles. The molecular formula is C10H14ClN3O. The van der Waals surface area contributed by atoms with Gasteiger partial charge in [0.15, 0.2) is 0 Å². The fourth-order valence-corrected chi connectivity index (χ4v) is 1.21. The van der Waals surface area contributed by atoms with Gasteiger partial charge in [-0.25, -0.2) is 0 Å². The summed E-state index contributed by atoms with van der Waals surface area (Å²) < 4.78 is 0. The molecule has 0 aliphatic heterocycles. The van der Waals surface area contributed by atoms with E-state index in [4.69, 9.17) is 23.1 Å². The predicted octanol–water partition coefficient (Wildman–Crippen LogP) is 0.873. The fraction of sp³-hybridized carbons (Fsp3) is 0.300. The van der Waals surface area contributed by atoms with E-state index in [1.54, 1.807) is 6.07 Å². The van der Waals surface area contributed by atoms with Gasteiger partial charge in [-0.15, -0.1) is 0 Å². The average molecular weight is 228 g/mol. The van der Waals surface area contributed by atoms with Crippen molar-refractivity contribution in [2.75, 3.05) is 11.9 Å². The monoisotopic (exact) mass is 227 g/mol.